The van der Waals surface area contributed by atoms with Gasteiger partial charge in [0, 0.05) is 5.56 Å². The molecule has 0 aliphatic heterocycles. The lowest BCUT2D eigenvalue weighted by Gasteiger charge is -2.11. The third-order valence-corrected chi connectivity index (χ3v) is 3.26. The van der Waals surface area contributed by atoms with Gasteiger partial charge >= 0.3 is 0 Å². The Morgan fingerprint density at radius 2 is 2.06 bits per heavy atom. The first-order chi connectivity index (χ1) is 8.11. The summed E-state index contributed by atoms with van der Waals surface area (Å²) >= 11 is 3.45. The lowest BCUT2D eigenvalue weighted by molar-refractivity contribution is 0.412. The average Bonchev–Trinajstić information content (AvgIpc) is 2.75. The van der Waals surface area contributed by atoms with Gasteiger partial charge in [-0.3, -0.25) is 0 Å². The van der Waals surface area contributed by atoms with Crippen molar-refractivity contribution in [3.63, 3.8) is 0 Å². The molecule has 0 spiro atoms. The van der Waals surface area contributed by atoms with Crippen molar-refractivity contribution in [1.29, 1.82) is 0 Å². The molecule has 0 saturated heterocycles. The number of benzene rings is 1. The lowest BCUT2D eigenvalue weighted by Crippen LogP contribution is -2.10. The number of hydrogen-bond acceptors (Lipinski definition) is 3. The van der Waals surface area contributed by atoms with E-state index >= 15 is 0 Å². The summed E-state index contributed by atoms with van der Waals surface area (Å²) in [5.74, 6) is 1.66. The molecule has 0 amide bonds. The molecule has 1 unspecified atom stereocenters. The number of hydrogen-bond donors (Lipinski definition) is 1. The minimum absolute atomic E-state index is 0.186. The minimum Gasteiger partial charge on any atom is -0.496 e. The number of halogens is 1. The van der Waals surface area contributed by atoms with E-state index in [1.807, 2.05) is 31.2 Å². The molecule has 0 radical (unpaired) electrons. The van der Waals surface area contributed by atoms with Gasteiger partial charge in [0.1, 0.15) is 11.5 Å². The molecule has 2 N–H and O–H groups in total. The summed E-state index contributed by atoms with van der Waals surface area (Å²) in [4.78, 5) is 0. The van der Waals surface area contributed by atoms with Crippen LogP contribution in [-0.2, 0) is 0 Å². The van der Waals surface area contributed by atoms with E-state index in [4.69, 9.17) is 14.9 Å². The van der Waals surface area contributed by atoms with E-state index in [0.717, 1.165) is 27.1 Å². The van der Waals surface area contributed by atoms with E-state index < -0.39 is 0 Å². The highest BCUT2D eigenvalue weighted by Gasteiger charge is 2.12. The van der Waals surface area contributed by atoms with Crippen LogP contribution in [0, 0.1) is 6.92 Å². The van der Waals surface area contributed by atoms with Gasteiger partial charge in [0.2, 0.25) is 0 Å². The summed E-state index contributed by atoms with van der Waals surface area (Å²) in [5, 5.41) is 0. The topological polar surface area (TPSA) is 48.4 Å². The number of aryl methyl sites for hydroxylation is 1. The Labute approximate surface area is 109 Å². The molecule has 0 saturated carbocycles. The largest absolute Gasteiger partial charge is 0.496 e. The average molecular weight is 296 g/mol. The first-order valence-corrected chi connectivity index (χ1v) is 6.05. The zero-order valence-corrected chi connectivity index (χ0v) is 11.3. The van der Waals surface area contributed by atoms with Crippen molar-refractivity contribution in [3.8, 4) is 5.75 Å². The second-order valence-electron chi connectivity index (χ2n) is 3.86. The van der Waals surface area contributed by atoms with Gasteiger partial charge in [-0.25, -0.2) is 0 Å². The van der Waals surface area contributed by atoms with Gasteiger partial charge in [-0.05, 0) is 46.6 Å². The maximum atomic E-state index is 6.17. The van der Waals surface area contributed by atoms with Crippen LogP contribution < -0.4 is 10.5 Å². The van der Waals surface area contributed by atoms with Crippen LogP contribution in [0.2, 0.25) is 0 Å². The van der Waals surface area contributed by atoms with Crippen LogP contribution in [0.1, 0.15) is 22.9 Å². The maximum Gasteiger partial charge on any atom is 0.133 e. The molecule has 0 aliphatic rings. The van der Waals surface area contributed by atoms with Gasteiger partial charge in [0.25, 0.3) is 0 Å². The highest BCUT2D eigenvalue weighted by atomic mass is 79.9. The molecule has 1 aromatic carbocycles. The molecule has 1 atom stereocenters. The molecule has 1 heterocycles. The third kappa shape index (κ3) is 2.53. The van der Waals surface area contributed by atoms with Crippen molar-refractivity contribution in [3.05, 3.63) is 51.9 Å². The fourth-order valence-electron chi connectivity index (χ4n) is 1.70. The van der Waals surface area contributed by atoms with Gasteiger partial charge in [0.05, 0.1) is 23.9 Å². The van der Waals surface area contributed by atoms with E-state index in [9.17, 15) is 0 Å². The van der Waals surface area contributed by atoms with Gasteiger partial charge in [0.15, 0.2) is 0 Å². The monoisotopic (exact) mass is 295 g/mol. The molecule has 4 heteroatoms. The summed E-state index contributed by atoms with van der Waals surface area (Å²) in [7, 11) is 1.64. The fraction of sp³-hybridized carbons (Fsp3) is 0.231. The highest BCUT2D eigenvalue weighted by molar-refractivity contribution is 9.10. The zero-order valence-electron chi connectivity index (χ0n) is 9.74. The predicted molar refractivity (Wildman–Crippen MR) is 70.2 cm³/mol. The van der Waals surface area contributed by atoms with Crippen molar-refractivity contribution in [2.75, 3.05) is 7.11 Å². The molecule has 17 heavy (non-hydrogen) atoms. The summed E-state index contributed by atoms with van der Waals surface area (Å²) < 4.78 is 11.3. The second kappa shape index (κ2) is 4.94. The molecule has 1 aromatic heterocycles. The van der Waals surface area contributed by atoms with Crippen LogP contribution in [0.4, 0.5) is 0 Å². The molecule has 90 valence electrons. The summed E-state index contributed by atoms with van der Waals surface area (Å²) in [6, 6.07) is 7.58. The molecule has 0 bridgehead atoms. The Hall–Kier alpha value is -1.26. The van der Waals surface area contributed by atoms with Crippen LogP contribution in [0.3, 0.4) is 0 Å². The van der Waals surface area contributed by atoms with E-state index in [-0.39, 0.29) is 6.04 Å². The molecule has 2 aromatic rings. The van der Waals surface area contributed by atoms with Crippen LogP contribution in [0.5, 0.6) is 5.75 Å². The lowest BCUT2D eigenvalue weighted by atomic mass is 10.0. The van der Waals surface area contributed by atoms with Crippen molar-refractivity contribution >= 4 is 15.9 Å². The Balaban J connectivity index is 2.31. The number of furan rings is 1. The zero-order chi connectivity index (χ0) is 12.4. The van der Waals surface area contributed by atoms with Crippen molar-refractivity contribution in [1.82, 2.24) is 0 Å². The normalized spacial score (nSPS) is 12.5. The van der Waals surface area contributed by atoms with Gasteiger partial charge in [-0.2, -0.15) is 0 Å². The van der Waals surface area contributed by atoms with Gasteiger partial charge in [-0.15, -0.1) is 0 Å². The van der Waals surface area contributed by atoms with Crippen LogP contribution >= 0.6 is 15.9 Å². The number of ether oxygens (including phenoxy) is 1. The Morgan fingerprint density at radius 3 is 2.59 bits per heavy atom. The second-order valence-corrected chi connectivity index (χ2v) is 4.72. The summed E-state index contributed by atoms with van der Waals surface area (Å²) in [5.41, 5.74) is 8.15. The SMILES string of the molecule is COc1ccc(C(N)c2coc(C)c2)cc1Br. The summed E-state index contributed by atoms with van der Waals surface area (Å²) in [6.07, 6.45) is 1.69. The number of rotatable bonds is 3. The molecular formula is C13H14BrNO2. The van der Waals surface area contributed by atoms with E-state index in [1.165, 1.54) is 0 Å². The number of methoxy groups -OCH3 is 1. The van der Waals surface area contributed by atoms with Crippen molar-refractivity contribution in [2.24, 2.45) is 5.73 Å². The van der Waals surface area contributed by atoms with Crippen LogP contribution in [0.25, 0.3) is 0 Å². The summed E-state index contributed by atoms with van der Waals surface area (Å²) in [6.45, 7) is 1.90. The fourth-order valence-corrected chi connectivity index (χ4v) is 2.25. The number of nitrogens with two attached hydrogens (primary N) is 1. The third-order valence-electron chi connectivity index (χ3n) is 2.64. The van der Waals surface area contributed by atoms with E-state index in [1.54, 1.807) is 13.4 Å². The minimum atomic E-state index is -0.186. The molecule has 3 nitrogen and oxygen atoms in total. The smallest absolute Gasteiger partial charge is 0.133 e. The quantitative estimate of drug-likeness (QED) is 0.944. The van der Waals surface area contributed by atoms with Crippen LogP contribution in [-0.4, -0.2) is 7.11 Å². The van der Waals surface area contributed by atoms with Gasteiger partial charge < -0.3 is 14.9 Å². The molecule has 2 rings (SSSR count). The van der Waals surface area contributed by atoms with Crippen molar-refractivity contribution in [2.45, 2.75) is 13.0 Å². The first-order valence-electron chi connectivity index (χ1n) is 5.26. The molecule has 0 fully saturated rings. The predicted octanol–water partition coefficient (Wildman–Crippen LogP) is 3.41. The Bertz CT molecular complexity index is 522. The van der Waals surface area contributed by atoms with E-state index in [0.29, 0.717) is 0 Å². The standard InChI is InChI=1S/C13H14BrNO2/c1-8-5-10(7-17-8)13(15)9-3-4-12(16-2)11(14)6-9/h3-7,13H,15H2,1-2H3. The first kappa shape index (κ1) is 12.2. The van der Waals surface area contributed by atoms with Crippen molar-refractivity contribution < 1.29 is 9.15 Å². The maximum absolute atomic E-state index is 6.17. The Morgan fingerprint density at radius 1 is 1.29 bits per heavy atom. The molecular weight excluding hydrogens is 282 g/mol. The molecule has 0 aliphatic carbocycles. The Kier molecular flexibility index (Phi) is 3.54. The highest BCUT2D eigenvalue weighted by Crippen LogP contribution is 2.30. The van der Waals surface area contributed by atoms with Crippen LogP contribution in [0.15, 0.2) is 39.4 Å². The van der Waals surface area contributed by atoms with Gasteiger partial charge in [-0.1, -0.05) is 6.07 Å². The van der Waals surface area contributed by atoms with E-state index in [2.05, 4.69) is 15.9 Å².